The fourth-order valence-electron chi connectivity index (χ4n) is 2.91. The van der Waals surface area contributed by atoms with Crippen LogP contribution in [0.25, 0.3) is 0 Å². The summed E-state index contributed by atoms with van der Waals surface area (Å²) in [6.07, 6.45) is 0. The summed E-state index contributed by atoms with van der Waals surface area (Å²) < 4.78 is 19.5. The molecule has 132 valence electrons. The SMILES string of the molecule is O=C(COc1ccc(Br)cc1)N1CC[NH+](Cc2ccc(F)cc2)CC1. The summed E-state index contributed by atoms with van der Waals surface area (Å²) in [6, 6.07) is 14.1. The summed E-state index contributed by atoms with van der Waals surface area (Å²) in [5, 5.41) is 0. The van der Waals surface area contributed by atoms with Gasteiger partial charge in [-0.15, -0.1) is 0 Å². The third-order valence-electron chi connectivity index (χ3n) is 4.37. The van der Waals surface area contributed by atoms with E-state index in [9.17, 15) is 9.18 Å². The van der Waals surface area contributed by atoms with Gasteiger partial charge in [0, 0.05) is 10.0 Å². The summed E-state index contributed by atoms with van der Waals surface area (Å²) in [6.45, 7) is 4.15. The van der Waals surface area contributed by atoms with Crippen LogP contribution in [-0.2, 0) is 11.3 Å². The molecule has 0 unspecified atom stereocenters. The lowest BCUT2D eigenvalue weighted by Gasteiger charge is -2.32. The van der Waals surface area contributed by atoms with Gasteiger partial charge in [-0.3, -0.25) is 4.79 Å². The molecule has 0 aliphatic carbocycles. The molecule has 1 N–H and O–H groups in total. The molecule has 0 atom stereocenters. The van der Waals surface area contributed by atoms with Crippen molar-refractivity contribution >= 4 is 21.8 Å². The smallest absolute Gasteiger partial charge is 0.260 e. The van der Waals surface area contributed by atoms with Crippen LogP contribution in [0.1, 0.15) is 5.56 Å². The van der Waals surface area contributed by atoms with Gasteiger partial charge >= 0.3 is 0 Å². The van der Waals surface area contributed by atoms with Crippen LogP contribution in [0.4, 0.5) is 4.39 Å². The molecule has 6 heteroatoms. The fraction of sp³-hybridized carbons (Fsp3) is 0.316. The number of hydrogen-bond acceptors (Lipinski definition) is 2. The number of piperazine rings is 1. The molecule has 25 heavy (non-hydrogen) atoms. The van der Waals surface area contributed by atoms with Crippen molar-refractivity contribution in [3.05, 3.63) is 64.4 Å². The zero-order chi connectivity index (χ0) is 17.6. The van der Waals surface area contributed by atoms with E-state index in [2.05, 4.69) is 15.9 Å². The molecule has 0 saturated carbocycles. The highest BCUT2D eigenvalue weighted by molar-refractivity contribution is 9.10. The normalized spacial score (nSPS) is 15.2. The topological polar surface area (TPSA) is 34.0 Å². The van der Waals surface area contributed by atoms with Gasteiger partial charge in [-0.1, -0.05) is 28.1 Å². The number of benzene rings is 2. The van der Waals surface area contributed by atoms with Gasteiger partial charge < -0.3 is 14.5 Å². The number of nitrogens with zero attached hydrogens (tertiary/aromatic N) is 1. The molecule has 0 radical (unpaired) electrons. The first-order chi connectivity index (χ1) is 12.1. The third-order valence-corrected chi connectivity index (χ3v) is 4.90. The quantitative estimate of drug-likeness (QED) is 0.820. The third kappa shape index (κ3) is 5.28. The molecule has 1 saturated heterocycles. The second-order valence-corrected chi connectivity index (χ2v) is 7.09. The van der Waals surface area contributed by atoms with Gasteiger partial charge in [0.15, 0.2) is 6.61 Å². The number of amides is 1. The van der Waals surface area contributed by atoms with Crippen LogP contribution in [0.5, 0.6) is 5.75 Å². The molecule has 2 aromatic rings. The number of carbonyl (C=O) groups is 1. The highest BCUT2D eigenvalue weighted by Crippen LogP contribution is 2.16. The molecule has 0 aromatic heterocycles. The van der Waals surface area contributed by atoms with Crippen molar-refractivity contribution in [1.82, 2.24) is 4.90 Å². The zero-order valence-corrected chi connectivity index (χ0v) is 15.5. The summed E-state index contributed by atoms with van der Waals surface area (Å²) in [7, 11) is 0. The van der Waals surface area contributed by atoms with E-state index in [1.165, 1.54) is 17.0 Å². The fourth-order valence-corrected chi connectivity index (χ4v) is 3.17. The van der Waals surface area contributed by atoms with E-state index >= 15 is 0 Å². The van der Waals surface area contributed by atoms with E-state index in [4.69, 9.17) is 4.74 Å². The van der Waals surface area contributed by atoms with Crippen molar-refractivity contribution in [2.75, 3.05) is 32.8 Å². The molecular formula is C19H21BrFN2O2+. The maximum atomic E-state index is 13.0. The number of ether oxygens (including phenoxy) is 1. The predicted molar refractivity (Wildman–Crippen MR) is 97.0 cm³/mol. The zero-order valence-electron chi connectivity index (χ0n) is 13.9. The lowest BCUT2D eigenvalue weighted by Crippen LogP contribution is -3.13. The maximum absolute atomic E-state index is 13.0. The summed E-state index contributed by atoms with van der Waals surface area (Å²) >= 11 is 3.37. The number of nitrogens with one attached hydrogen (secondary N) is 1. The first-order valence-electron chi connectivity index (χ1n) is 8.34. The van der Waals surface area contributed by atoms with E-state index in [-0.39, 0.29) is 18.3 Å². The van der Waals surface area contributed by atoms with E-state index in [1.807, 2.05) is 41.3 Å². The van der Waals surface area contributed by atoms with Gasteiger partial charge in [0.1, 0.15) is 18.1 Å². The van der Waals surface area contributed by atoms with Crippen molar-refractivity contribution < 1.29 is 18.8 Å². The van der Waals surface area contributed by atoms with Gasteiger partial charge in [-0.2, -0.15) is 0 Å². The van der Waals surface area contributed by atoms with Crippen molar-refractivity contribution in [2.45, 2.75) is 6.54 Å². The van der Waals surface area contributed by atoms with E-state index in [1.54, 1.807) is 0 Å². The minimum atomic E-state index is -0.208. The Labute approximate surface area is 155 Å². The van der Waals surface area contributed by atoms with Gasteiger partial charge in [-0.05, 0) is 36.4 Å². The number of hydrogen-bond donors (Lipinski definition) is 1. The Morgan fingerprint density at radius 2 is 1.72 bits per heavy atom. The van der Waals surface area contributed by atoms with Gasteiger partial charge in [0.2, 0.25) is 0 Å². The monoisotopic (exact) mass is 407 g/mol. The Bertz CT molecular complexity index is 698. The molecule has 1 aliphatic rings. The number of halogens is 2. The van der Waals surface area contributed by atoms with Crippen molar-refractivity contribution in [1.29, 1.82) is 0 Å². The minimum absolute atomic E-state index is 0.0174. The van der Waals surface area contributed by atoms with Crippen molar-refractivity contribution in [2.24, 2.45) is 0 Å². The van der Waals surface area contributed by atoms with E-state index in [0.29, 0.717) is 5.75 Å². The van der Waals surface area contributed by atoms with Crippen LogP contribution >= 0.6 is 15.9 Å². The van der Waals surface area contributed by atoms with Crippen LogP contribution in [0.15, 0.2) is 53.0 Å². The van der Waals surface area contributed by atoms with Crippen LogP contribution in [0.2, 0.25) is 0 Å². The largest absolute Gasteiger partial charge is 0.484 e. The van der Waals surface area contributed by atoms with Gasteiger partial charge in [0.05, 0.1) is 26.2 Å². The Morgan fingerprint density at radius 3 is 2.36 bits per heavy atom. The molecule has 2 aromatic carbocycles. The van der Waals surface area contributed by atoms with Gasteiger partial charge in [-0.25, -0.2) is 4.39 Å². The minimum Gasteiger partial charge on any atom is -0.484 e. The molecule has 1 heterocycles. The lowest BCUT2D eigenvalue weighted by molar-refractivity contribution is -0.917. The second-order valence-electron chi connectivity index (χ2n) is 6.18. The molecule has 4 nitrogen and oxygen atoms in total. The Morgan fingerprint density at radius 1 is 1.08 bits per heavy atom. The van der Waals surface area contributed by atoms with Crippen LogP contribution < -0.4 is 9.64 Å². The first-order valence-corrected chi connectivity index (χ1v) is 9.13. The molecule has 3 rings (SSSR count). The summed E-state index contributed by atoms with van der Waals surface area (Å²) in [5.74, 6) is 0.501. The Hall–Kier alpha value is -1.92. The summed E-state index contributed by atoms with van der Waals surface area (Å²) in [4.78, 5) is 15.5. The number of rotatable bonds is 5. The number of carbonyl (C=O) groups excluding carboxylic acids is 1. The van der Waals surface area contributed by atoms with Crippen LogP contribution in [0.3, 0.4) is 0 Å². The molecule has 1 fully saturated rings. The standard InChI is InChI=1S/C19H20BrFN2O2/c20-16-3-7-18(8-4-16)25-14-19(24)23-11-9-22(10-12-23)13-15-1-5-17(21)6-2-15/h1-8H,9-14H2/p+1. The van der Waals surface area contributed by atoms with Crippen molar-refractivity contribution in [3.8, 4) is 5.75 Å². The Balaban J connectivity index is 1.42. The van der Waals surface area contributed by atoms with Crippen LogP contribution in [-0.4, -0.2) is 43.6 Å². The second kappa shape index (κ2) is 8.45. The van der Waals surface area contributed by atoms with Gasteiger partial charge in [0.25, 0.3) is 5.91 Å². The molecule has 0 bridgehead atoms. The molecule has 0 spiro atoms. The highest BCUT2D eigenvalue weighted by atomic mass is 79.9. The van der Waals surface area contributed by atoms with E-state index in [0.717, 1.165) is 42.8 Å². The van der Waals surface area contributed by atoms with Crippen molar-refractivity contribution in [3.63, 3.8) is 0 Å². The molecule has 1 amide bonds. The van der Waals surface area contributed by atoms with E-state index < -0.39 is 0 Å². The first kappa shape index (κ1) is 17.9. The average Bonchev–Trinajstić information content (AvgIpc) is 2.63. The highest BCUT2D eigenvalue weighted by Gasteiger charge is 2.24. The summed E-state index contributed by atoms with van der Waals surface area (Å²) in [5.41, 5.74) is 1.12. The van der Waals surface area contributed by atoms with Crippen LogP contribution in [0, 0.1) is 5.82 Å². The maximum Gasteiger partial charge on any atom is 0.260 e. The number of quaternary nitrogens is 1. The predicted octanol–water partition coefficient (Wildman–Crippen LogP) is 1.89. The molecular weight excluding hydrogens is 387 g/mol. The Kier molecular flexibility index (Phi) is 6.04. The lowest BCUT2D eigenvalue weighted by atomic mass is 10.2. The molecule has 1 aliphatic heterocycles. The average molecular weight is 408 g/mol.